The largest absolute Gasteiger partial charge is 0.449 e. The lowest BCUT2D eigenvalue weighted by Gasteiger charge is -2.14. The first kappa shape index (κ1) is 32.0. The van der Waals surface area contributed by atoms with Gasteiger partial charge in [-0.1, -0.05) is 48.5 Å². The monoisotopic (exact) mass is 561 g/mol. The SMILES string of the molecule is O=C(NCCCOCCOCCOCCOCCOCCOCCO)OCC1c2ccccc2-c2ccccc21. The van der Waals surface area contributed by atoms with E-state index in [1.54, 1.807) is 0 Å². The quantitative estimate of drug-likeness (QED) is 0.198. The normalized spacial score (nSPS) is 12.3. The molecule has 40 heavy (non-hydrogen) atoms. The molecule has 2 aromatic carbocycles. The molecule has 0 atom stereocenters. The number of aliphatic hydroxyl groups is 1. The summed E-state index contributed by atoms with van der Waals surface area (Å²) in [6, 6.07) is 16.6. The van der Waals surface area contributed by atoms with E-state index in [2.05, 4.69) is 29.6 Å². The number of nitrogens with one attached hydrogen (secondary N) is 1. The summed E-state index contributed by atoms with van der Waals surface area (Å²) in [5.74, 6) is 0.0559. The van der Waals surface area contributed by atoms with Gasteiger partial charge in [0.2, 0.25) is 0 Å². The molecule has 0 radical (unpaired) electrons. The molecule has 0 saturated carbocycles. The van der Waals surface area contributed by atoms with E-state index in [-0.39, 0.29) is 12.5 Å². The first-order valence-electron chi connectivity index (χ1n) is 14.0. The van der Waals surface area contributed by atoms with E-state index in [0.717, 1.165) is 0 Å². The van der Waals surface area contributed by atoms with Crippen LogP contribution in [0.2, 0.25) is 0 Å². The number of hydrogen-bond acceptors (Lipinski definition) is 9. The fraction of sp³-hybridized carbons (Fsp3) is 0.567. The van der Waals surface area contributed by atoms with Gasteiger partial charge in [0.1, 0.15) is 6.61 Å². The molecule has 1 amide bonds. The number of alkyl carbamates (subject to hydrolysis) is 1. The summed E-state index contributed by atoms with van der Waals surface area (Å²) in [4.78, 5) is 12.2. The molecule has 3 rings (SSSR count). The Morgan fingerprint density at radius 3 is 1.52 bits per heavy atom. The molecule has 10 nitrogen and oxygen atoms in total. The third-order valence-corrected chi connectivity index (χ3v) is 6.17. The van der Waals surface area contributed by atoms with Crippen molar-refractivity contribution in [2.45, 2.75) is 12.3 Å². The Labute approximate surface area is 236 Å². The Morgan fingerprint density at radius 1 is 0.625 bits per heavy atom. The minimum atomic E-state index is -0.413. The van der Waals surface area contributed by atoms with Gasteiger partial charge in [-0.05, 0) is 28.7 Å². The van der Waals surface area contributed by atoms with Gasteiger partial charge < -0.3 is 43.6 Å². The smallest absolute Gasteiger partial charge is 0.407 e. The molecule has 0 aromatic heterocycles. The van der Waals surface area contributed by atoms with Crippen LogP contribution in [0, 0.1) is 0 Å². The Kier molecular flexibility index (Phi) is 16.2. The third-order valence-electron chi connectivity index (χ3n) is 6.17. The molecule has 0 saturated heterocycles. The summed E-state index contributed by atoms with van der Waals surface area (Å²) in [7, 11) is 0. The van der Waals surface area contributed by atoms with Crippen LogP contribution in [-0.4, -0.2) is 110 Å². The third kappa shape index (κ3) is 11.9. The zero-order valence-corrected chi connectivity index (χ0v) is 23.2. The predicted molar refractivity (Wildman–Crippen MR) is 150 cm³/mol. The average Bonchev–Trinajstić information content (AvgIpc) is 3.30. The Bertz CT molecular complexity index is 913. The molecular formula is C30H43NO9. The van der Waals surface area contributed by atoms with Gasteiger partial charge in [0, 0.05) is 19.1 Å². The minimum Gasteiger partial charge on any atom is -0.449 e. The number of hydrogen-bond donors (Lipinski definition) is 2. The second kappa shape index (κ2) is 20.3. The number of carbonyl (C=O) groups is 1. The number of ether oxygens (including phenoxy) is 7. The van der Waals surface area contributed by atoms with Crippen LogP contribution >= 0.6 is 0 Å². The van der Waals surface area contributed by atoms with E-state index in [4.69, 9.17) is 38.3 Å². The second-order valence-electron chi connectivity index (χ2n) is 9.00. The van der Waals surface area contributed by atoms with E-state index in [9.17, 15) is 4.79 Å². The number of aliphatic hydroxyl groups excluding tert-OH is 1. The number of amides is 1. The Hall–Kier alpha value is -2.57. The van der Waals surface area contributed by atoms with Crippen LogP contribution in [0.3, 0.4) is 0 Å². The van der Waals surface area contributed by atoms with Crippen LogP contribution in [0.25, 0.3) is 11.1 Å². The van der Waals surface area contributed by atoms with Gasteiger partial charge in [-0.2, -0.15) is 0 Å². The van der Waals surface area contributed by atoms with Crippen LogP contribution in [0.5, 0.6) is 0 Å². The summed E-state index contributed by atoms with van der Waals surface area (Å²) in [5, 5.41) is 11.4. The standard InChI is InChI=1S/C30H43NO9/c32-11-13-35-15-17-37-19-21-39-23-22-38-20-18-36-16-14-34-12-5-10-31-30(33)40-24-29-27-8-3-1-6-25(27)26-7-2-4-9-28(26)29/h1-4,6-9,29,32H,5,10-24H2,(H,31,33). The lowest BCUT2D eigenvalue weighted by atomic mass is 9.98. The lowest BCUT2D eigenvalue weighted by Crippen LogP contribution is -2.27. The van der Waals surface area contributed by atoms with Crippen LogP contribution in [0.15, 0.2) is 48.5 Å². The zero-order chi connectivity index (χ0) is 28.1. The molecule has 0 spiro atoms. The number of carbonyl (C=O) groups excluding carboxylic acids is 1. The second-order valence-corrected chi connectivity index (χ2v) is 9.00. The van der Waals surface area contributed by atoms with Gasteiger partial charge >= 0.3 is 6.09 Å². The van der Waals surface area contributed by atoms with Crippen molar-refractivity contribution in [1.82, 2.24) is 5.32 Å². The van der Waals surface area contributed by atoms with Gasteiger partial charge in [-0.15, -0.1) is 0 Å². The highest BCUT2D eigenvalue weighted by molar-refractivity contribution is 5.79. The molecule has 0 aliphatic heterocycles. The van der Waals surface area contributed by atoms with Crippen molar-refractivity contribution in [3.8, 4) is 11.1 Å². The maximum atomic E-state index is 12.2. The van der Waals surface area contributed by atoms with Gasteiger partial charge in [-0.25, -0.2) is 4.79 Å². The molecule has 222 valence electrons. The number of benzene rings is 2. The van der Waals surface area contributed by atoms with Gasteiger partial charge in [0.05, 0.1) is 79.3 Å². The van der Waals surface area contributed by atoms with E-state index in [0.29, 0.717) is 98.9 Å². The first-order valence-corrected chi connectivity index (χ1v) is 14.0. The molecule has 2 aromatic rings. The highest BCUT2D eigenvalue weighted by atomic mass is 16.6. The van der Waals surface area contributed by atoms with Gasteiger partial charge in [-0.3, -0.25) is 0 Å². The summed E-state index contributed by atoms with van der Waals surface area (Å²) in [5.41, 5.74) is 4.82. The zero-order valence-electron chi connectivity index (χ0n) is 23.2. The van der Waals surface area contributed by atoms with Crippen LogP contribution in [0.4, 0.5) is 4.79 Å². The van der Waals surface area contributed by atoms with E-state index in [1.807, 2.05) is 24.3 Å². The van der Waals surface area contributed by atoms with E-state index >= 15 is 0 Å². The van der Waals surface area contributed by atoms with Crippen molar-refractivity contribution in [1.29, 1.82) is 0 Å². The minimum absolute atomic E-state index is 0.0228. The Balaban J connectivity index is 1.07. The maximum absolute atomic E-state index is 12.2. The molecule has 2 N–H and O–H groups in total. The molecule has 1 aliphatic carbocycles. The molecule has 0 bridgehead atoms. The first-order chi connectivity index (χ1) is 19.8. The average molecular weight is 562 g/mol. The van der Waals surface area contributed by atoms with Crippen molar-refractivity contribution >= 4 is 6.09 Å². The summed E-state index contributed by atoms with van der Waals surface area (Å²) in [6.45, 7) is 6.57. The van der Waals surface area contributed by atoms with Crippen molar-refractivity contribution in [3.63, 3.8) is 0 Å². The molecule has 0 heterocycles. The molecule has 1 aliphatic rings. The molecular weight excluding hydrogens is 518 g/mol. The lowest BCUT2D eigenvalue weighted by molar-refractivity contribution is -0.0182. The van der Waals surface area contributed by atoms with Crippen LogP contribution in [-0.2, 0) is 33.2 Å². The van der Waals surface area contributed by atoms with Crippen molar-refractivity contribution in [3.05, 3.63) is 59.7 Å². The van der Waals surface area contributed by atoms with Crippen molar-refractivity contribution < 1.29 is 43.1 Å². The maximum Gasteiger partial charge on any atom is 0.407 e. The van der Waals surface area contributed by atoms with Gasteiger partial charge in [0.15, 0.2) is 0 Å². The highest BCUT2D eigenvalue weighted by Gasteiger charge is 2.28. The van der Waals surface area contributed by atoms with Gasteiger partial charge in [0.25, 0.3) is 0 Å². The number of fused-ring (bicyclic) bond motifs is 3. The predicted octanol–water partition coefficient (Wildman–Crippen LogP) is 3.01. The van der Waals surface area contributed by atoms with Crippen molar-refractivity contribution in [2.24, 2.45) is 0 Å². The summed E-state index contributed by atoms with van der Waals surface area (Å²) in [6.07, 6.45) is 0.278. The Morgan fingerprint density at radius 2 is 1.05 bits per heavy atom. The molecule has 10 heteroatoms. The van der Waals surface area contributed by atoms with Crippen LogP contribution < -0.4 is 5.32 Å². The molecule has 0 fully saturated rings. The summed E-state index contributed by atoms with van der Waals surface area (Å²) < 4.78 is 37.8. The highest BCUT2D eigenvalue weighted by Crippen LogP contribution is 2.44. The van der Waals surface area contributed by atoms with E-state index in [1.165, 1.54) is 22.3 Å². The molecule has 0 unspecified atom stereocenters. The van der Waals surface area contributed by atoms with E-state index < -0.39 is 6.09 Å². The fourth-order valence-electron chi connectivity index (χ4n) is 4.28. The number of rotatable bonds is 23. The fourth-order valence-corrected chi connectivity index (χ4v) is 4.28. The summed E-state index contributed by atoms with van der Waals surface area (Å²) >= 11 is 0. The van der Waals surface area contributed by atoms with Crippen molar-refractivity contribution in [2.75, 3.05) is 99.0 Å². The topological polar surface area (TPSA) is 114 Å². The van der Waals surface area contributed by atoms with Crippen LogP contribution in [0.1, 0.15) is 23.5 Å².